The van der Waals surface area contributed by atoms with Crippen LogP contribution in [-0.4, -0.2) is 37.9 Å². The molecule has 0 unspecified atom stereocenters. The van der Waals surface area contributed by atoms with E-state index >= 15 is 0 Å². The van der Waals surface area contributed by atoms with E-state index < -0.39 is 9.84 Å². The van der Waals surface area contributed by atoms with Gasteiger partial charge in [0.1, 0.15) is 0 Å². The van der Waals surface area contributed by atoms with Crippen molar-refractivity contribution in [2.45, 2.75) is 11.8 Å². The van der Waals surface area contributed by atoms with Gasteiger partial charge in [-0.05, 0) is 19.1 Å². The number of sulfone groups is 1. The molecule has 3 rings (SSSR count). The monoisotopic (exact) mass is 315 g/mol. The van der Waals surface area contributed by atoms with Gasteiger partial charge in [-0.1, -0.05) is 17.7 Å². The Kier molecular flexibility index (Phi) is 3.31. The minimum absolute atomic E-state index is 0.353. The van der Waals surface area contributed by atoms with Gasteiger partial charge >= 0.3 is 0 Å². The van der Waals surface area contributed by atoms with E-state index in [1.54, 1.807) is 19.1 Å². The number of allylic oxidation sites excluding steroid dienone is 1. The summed E-state index contributed by atoms with van der Waals surface area (Å²) in [6.07, 6.45) is 0. The Morgan fingerprint density at radius 3 is 2.63 bits per heavy atom. The lowest BCUT2D eigenvalue weighted by Crippen LogP contribution is -2.31. The van der Waals surface area contributed by atoms with Gasteiger partial charge in [0.2, 0.25) is 9.84 Å². The van der Waals surface area contributed by atoms with Crippen molar-refractivity contribution in [2.24, 2.45) is 0 Å². The van der Waals surface area contributed by atoms with Crippen LogP contribution in [0.5, 0.6) is 0 Å². The van der Waals surface area contributed by atoms with Crippen molar-refractivity contribution < 1.29 is 8.42 Å². The number of fused-ring (bicyclic) bond motifs is 1. The van der Waals surface area contributed by atoms with Gasteiger partial charge in [0.05, 0.1) is 15.5 Å². The Morgan fingerprint density at radius 1 is 1.26 bits per heavy atom. The largest absolute Gasteiger partial charge is 0.369 e. The van der Waals surface area contributed by atoms with Gasteiger partial charge in [-0.25, -0.2) is 8.42 Å². The third-order valence-electron chi connectivity index (χ3n) is 3.55. The maximum atomic E-state index is 12.4. The summed E-state index contributed by atoms with van der Waals surface area (Å²) in [5, 5.41) is 0.463. The lowest BCUT2D eigenvalue weighted by molar-refractivity contribution is 0.438. The van der Waals surface area contributed by atoms with Gasteiger partial charge in [-0.15, -0.1) is 0 Å². The Labute approximate surface area is 122 Å². The van der Waals surface area contributed by atoms with Crippen molar-refractivity contribution in [1.82, 2.24) is 4.90 Å². The molecule has 1 aromatic rings. The molecule has 0 aromatic heterocycles. The molecule has 19 heavy (non-hydrogen) atoms. The van der Waals surface area contributed by atoms with Crippen LogP contribution in [0.15, 0.2) is 28.0 Å². The van der Waals surface area contributed by atoms with Gasteiger partial charge < -0.3 is 4.90 Å². The van der Waals surface area contributed by atoms with Crippen LogP contribution in [-0.2, 0) is 9.84 Å². The zero-order chi connectivity index (χ0) is 13.6. The van der Waals surface area contributed by atoms with Gasteiger partial charge in [0.15, 0.2) is 0 Å². The predicted octanol–water partition coefficient (Wildman–Crippen LogP) is 2.86. The summed E-state index contributed by atoms with van der Waals surface area (Å²) in [5.41, 5.74) is 1.67. The van der Waals surface area contributed by atoms with Gasteiger partial charge in [0, 0.05) is 35.2 Å². The van der Waals surface area contributed by atoms with Crippen LogP contribution >= 0.6 is 23.4 Å². The molecule has 2 aliphatic heterocycles. The average molecular weight is 316 g/mol. The molecule has 1 aromatic carbocycles. The first-order valence-electron chi connectivity index (χ1n) is 6.10. The van der Waals surface area contributed by atoms with Crippen LogP contribution in [0.2, 0.25) is 5.02 Å². The molecular formula is C13H14ClNO2S2. The van der Waals surface area contributed by atoms with Crippen LogP contribution in [0.25, 0.3) is 5.70 Å². The second-order valence-electron chi connectivity index (χ2n) is 4.65. The van der Waals surface area contributed by atoms with E-state index in [1.807, 2.05) is 17.8 Å². The summed E-state index contributed by atoms with van der Waals surface area (Å²) in [7, 11) is -3.36. The second kappa shape index (κ2) is 4.72. The zero-order valence-electron chi connectivity index (χ0n) is 10.5. The molecule has 2 aliphatic rings. The topological polar surface area (TPSA) is 37.4 Å². The summed E-state index contributed by atoms with van der Waals surface area (Å²) in [4.78, 5) is 2.99. The average Bonchev–Trinajstić information content (AvgIpc) is 2.59. The molecule has 0 bridgehead atoms. The molecule has 0 spiro atoms. The van der Waals surface area contributed by atoms with Crippen LogP contribution in [0, 0.1) is 0 Å². The Hall–Kier alpha value is -0.650. The van der Waals surface area contributed by atoms with Crippen molar-refractivity contribution in [3.8, 4) is 0 Å². The summed E-state index contributed by atoms with van der Waals surface area (Å²) in [6, 6.07) is 5.14. The standard InChI is InChI=1S/C13H14ClNO2S2/c1-9-13(15-4-6-18-7-5-15)11-3-2-10(14)8-12(11)19(9,16)17/h2-3,8H,4-7H2,1H3. The number of rotatable bonds is 1. The minimum atomic E-state index is -3.36. The van der Waals surface area contributed by atoms with Crippen molar-refractivity contribution in [2.75, 3.05) is 24.6 Å². The van der Waals surface area contributed by atoms with Crippen molar-refractivity contribution in [3.05, 3.63) is 33.7 Å². The lowest BCUT2D eigenvalue weighted by atomic mass is 10.1. The molecule has 0 aliphatic carbocycles. The predicted molar refractivity (Wildman–Crippen MR) is 80.1 cm³/mol. The molecule has 3 nitrogen and oxygen atoms in total. The first-order chi connectivity index (χ1) is 9.01. The SMILES string of the molecule is CC1=C(N2CCSCC2)c2ccc(Cl)cc2S1(=O)=O. The minimum Gasteiger partial charge on any atom is -0.369 e. The number of hydrogen-bond donors (Lipinski definition) is 0. The summed E-state index contributed by atoms with van der Waals surface area (Å²) in [6.45, 7) is 3.49. The van der Waals surface area contributed by atoms with E-state index in [1.165, 1.54) is 0 Å². The fourth-order valence-electron chi connectivity index (χ4n) is 2.58. The van der Waals surface area contributed by atoms with E-state index in [0.29, 0.717) is 14.8 Å². The Bertz CT molecular complexity index is 661. The molecule has 0 amide bonds. The van der Waals surface area contributed by atoms with E-state index in [4.69, 9.17) is 11.6 Å². The van der Waals surface area contributed by atoms with Gasteiger partial charge in [-0.3, -0.25) is 0 Å². The van der Waals surface area contributed by atoms with E-state index in [-0.39, 0.29) is 0 Å². The Morgan fingerprint density at radius 2 is 1.95 bits per heavy atom. The highest BCUT2D eigenvalue weighted by atomic mass is 35.5. The zero-order valence-corrected chi connectivity index (χ0v) is 12.9. The molecule has 1 fully saturated rings. The van der Waals surface area contributed by atoms with Crippen LogP contribution in [0.4, 0.5) is 0 Å². The fourth-order valence-corrected chi connectivity index (χ4v) is 5.28. The number of hydrogen-bond acceptors (Lipinski definition) is 4. The van der Waals surface area contributed by atoms with Crippen LogP contribution < -0.4 is 0 Å². The molecule has 0 saturated carbocycles. The van der Waals surface area contributed by atoms with Gasteiger partial charge in [-0.2, -0.15) is 11.8 Å². The smallest absolute Gasteiger partial charge is 0.205 e. The lowest BCUT2D eigenvalue weighted by Gasteiger charge is -2.30. The maximum Gasteiger partial charge on any atom is 0.205 e. The van der Waals surface area contributed by atoms with Crippen molar-refractivity contribution >= 4 is 38.9 Å². The summed E-state index contributed by atoms with van der Waals surface area (Å²) >= 11 is 7.84. The maximum absolute atomic E-state index is 12.4. The highest BCUT2D eigenvalue weighted by molar-refractivity contribution is 7.99. The fraction of sp³-hybridized carbons (Fsp3) is 0.385. The molecular weight excluding hydrogens is 302 g/mol. The number of halogens is 1. The molecule has 0 N–H and O–H groups in total. The molecule has 6 heteroatoms. The third kappa shape index (κ3) is 2.08. The second-order valence-corrected chi connectivity index (χ2v) is 8.37. The normalized spacial score (nSPS) is 21.7. The number of benzene rings is 1. The molecule has 1 saturated heterocycles. The highest BCUT2D eigenvalue weighted by Crippen LogP contribution is 2.42. The van der Waals surface area contributed by atoms with Crippen LogP contribution in [0.1, 0.15) is 12.5 Å². The van der Waals surface area contributed by atoms with Crippen LogP contribution in [0.3, 0.4) is 0 Å². The van der Waals surface area contributed by atoms with E-state index in [0.717, 1.165) is 35.9 Å². The molecule has 2 heterocycles. The van der Waals surface area contributed by atoms with Crippen molar-refractivity contribution in [1.29, 1.82) is 0 Å². The third-order valence-corrected chi connectivity index (χ3v) is 6.65. The van der Waals surface area contributed by atoms with E-state index in [9.17, 15) is 8.42 Å². The van der Waals surface area contributed by atoms with Crippen molar-refractivity contribution in [3.63, 3.8) is 0 Å². The number of nitrogens with zero attached hydrogens (tertiary/aromatic N) is 1. The summed E-state index contributed by atoms with van der Waals surface area (Å²) < 4.78 is 24.9. The van der Waals surface area contributed by atoms with Gasteiger partial charge in [0.25, 0.3) is 0 Å². The Balaban J connectivity index is 2.17. The summed E-state index contributed by atoms with van der Waals surface area (Å²) in [5.74, 6) is 2.08. The van der Waals surface area contributed by atoms with E-state index in [2.05, 4.69) is 4.90 Å². The first kappa shape index (κ1) is 13.3. The molecule has 0 radical (unpaired) electrons. The first-order valence-corrected chi connectivity index (χ1v) is 9.12. The highest BCUT2D eigenvalue weighted by Gasteiger charge is 2.35. The number of thioether (sulfide) groups is 1. The molecule has 102 valence electrons. The molecule has 0 atom stereocenters. The quantitative estimate of drug-likeness (QED) is 0.798.